The van der Waals surface area contributed by atoms with Gasteiger partial charge in [0.25, 0.3) is 0 Å². The third-order valence-corrected chi connectivity index (χ3v) is 3.66. The molecule has 0 fully saturated rings. The van der Waals surface area contributed by atoms with Crippen LogP contribution in [-0.4, -0.2) is 9.55 Å². The molecular formula is C16H9ClN2O2. The number of hydrogen-bond acceptors (Lipinski definition) is 3. The Bertz CT molecular complexity index is 1030. The first-order valence-electron chi connectivity index (χ1n) is 6.37. The minimum Gasteiger partial charge on any atom is -0.462 e. The summed E-state index contributed by atoms with van der Waals surface area (Å²) in [5.41, 5.74) is 2.47. The van der Waals surface area contributed by atoms with Crippen molar-refractivity contribution >= 4 is 33.6 Å². The van der Waals surface area contributed by atoms with Crippen LogP contribution in [0, 0.1) is 0 Å². The Labute approximate surface area is 124 Å². The third kappa shape index (κ3) is 1.84. The average Bonchev–Trinajstić information content (AvgIpc) is 2.92. The van der Waals surface area contributed by atoms with E-state index in [1.54, 1.807) is 29.1 Å². The lowest BCUT2D eigenvalue weighted by Crippen LogP contribution is -2.10. The van der Waals surface area contributed by atoms with Crippen molar-refractivity contribution < 1.29 is 4.42 Å². The molecule has 102 valence electrons. The number of nitrogens with zero attached hydrogens (tertiary/aromatic N) is 2. The molecule has 4 rings (SSSR count). The maximum absolute atomic E-state index is 12.7. The molecule has 0 saturated heterocycles. The minimum atomic E-state index is -0.137. The van der Waals surface area contributed by atoms with Crippen LogP contribution in [0.1, 0.15) is 0 Å². The standard InChI is InChI=1S/C16H9ClN2O2/c17-10-5-6-15-11(7-10)16(20)14(8-21-15)19-9-18-12-3-1-2-4-13(12)19/h1-9H. The van der Waals surface area contributed by atoms with Gasteiger partial charge < -0.3 is 4.42 Å². The van der Waals surface area contributed by atoms with E-state index in [0.717, 1.165) is 11.0 Å². The molecule has 0 aliphatic carbocycles. The largest absolute Gasteiger partial charge is 0.462 e. The van der Waals surface area contributed by atoms with Gasteiger partial charge in [-0.05, 0) is 30.3 Å². The van der Waals surface area contributed by atoms with Gasteiger partial charge in [0.05, 0.1) is 16.4 Å². The number of benzene rings is 2. The molecule has 5 heteroatoms. The fourth-order valence-electron chi connectivity index (χ4n) is 2.41. The number of halogens is 1. The van der Waals surface area contributed by atoms with Gasteiger partial charge >= 0.3 is 0 Å². The van der Waals surface area contributed by atoms with E-state index >= 15 is 0 Å². The van der Waals surface area contributed by atoms with Crippen LogP contribution in [0.15, 0.2) is 64.3 Å². The van der Waals surface area contributed by atoms with Gasteiger partial charge in [-0.3, -0.25) is 9.36 Å². The molecule has 0 amide bonds. The Hall–Kier alpha value is -2.59. The Kier molecular flexibility index (Phi) is 2.59. The average molecular weight is 297 g/mol. The van der Waals surface area contributed by atoms with Crippen molar-refractivity contribution in [3.8, 4) is 5.69 Å². The zero-order chi connectivity index (χ0) is 14.4. The highest BCUT2D eigenvalue weighted by molar-refractivity contribution is 6.31. The van der Waals surface area contributed by atoms with Crippen LogP contribution >= 0.6 is 11.6 Å². The van der Waals surface area contributed by atoms with Crippen molar-refractivity contribution in [3.05, 3.63) is 70.3 Å². The molecular weight excluding hydrogens is 288 g/mol. The molecule has 0 N–H and O–H groups in total. The van der Waals surface area contributed by atoms with Crippen LogP contribution in [-0.2, 0) is 0 Å². The smallest absolute Gasteiger partial charge is 0.216 e. The van der Waals surface area contributed by atoms with E-state index in [2.05, 4.69) is 4.98 Å². The Balaban J connectivity index is 2.07. The van der Waals surface area contributed by atoms with Crippen molar-refractivity contribution in [1.82, 2.24) is 9.55 Å². The molecule has 4 aromatic rings. The van der Waals surface area contributed by atoms with Crippen molar-refractivity contribution in [1.29, 1.82) is 0 Å². The van der Waals surface area contributed by atoms with Crippen LogP contribution in [0.5, 0.6) is 0 Å². The molecule has 0 unspecified atom stereocenters. The maximum atomic E-state index is 12.7. The second-order valence-corrected chi connectivity index (χ2v) is 5.13. The Morgan fingerprint density at radius 2 is 2.00 bits per heavy atom. The Morgan fingerprint density at radius 1 is 1.14 bits per heavy atom. The molecule has 0 radical (unpaired) electrons. The first-order chi connectivity index (χ1) is 10.2. The summed E-state index contributed by atoms with van der Waals surface area (Å²) >= 11 is 5.96. The molecule has 0 spiro atoms. The van der Waals surface area contributed by atoms with E-state index in [9.17, 15) is 4.79 Å². The normalized spacial score (nSPS) is 11.3. The number of aromatic nitrogens is 2. The summed E-state index contributed by atoms with van der Waals surface area (Å²) in [7, 11) is 0. The van der Waals surface area contributed by atoms with E-state index in [1.807, 2.05) is 24.3 Å². The van der Waals surface area contributed by atoms with Gasteiger partial charge in [0.2, 0.25) is 5.43 Å². The first kappa shape index (κ1) is 12.2. The summed E-state index contributed by atoms with van der Waals surface area (Å²) < 4.78 is 7.27. The fourth-order valence-corrected chi connectivity index (χ4v) is 2.58. The van der Waals surface area contributed by atoms with Gasteiger partial charge in [-0.2, -0.15) is 0 Å². The Morgan fingerprint density at radius 3 is 2.90 bits per heavy atom. The van der Waals surface area contributed by atoms with E-state index in [0.29, 0.717) is 21.7 Å². The highest BCUT2D eigenvalue weighted by Crippen LogP contribution is 2.20. The van der Waals surface area contributed by atoms with E-state index < -0.39 is 0 Å². The molecule has 21 heavy (non-hydrogen) atoms. The van der Waals surface area contributed by atoms with Crippen LogP contribution in [0.3, 0.4) is 0 Å². The zero-order valence-electron chi connectivity index (χ0n) is 10.8. The van der Waals surface area contributed by atoms with Gasteiger partial charge in [-0.1, -0.05) is 23.7 Å². The second kappa shape index (κ2) is 4.46. The number of imidazole rings is 1. The van der Waals surface area contributed by atoms with E-state index in [4.69, 9.17) is 16.0 Å². The van der Waals surface area contributed by atoms with Crippen molar-refractivity contribution in [2.45, 2.75) is 0 Å². The van der Waals surface area contributed by atoms with Gasteiger partial charge in [0, 0.05) is 5.02 Å². The lowest BCUT2D eigenvalue weighted by atomic mass is 10.2. The van der Waals surface area contributed by atoms with Crippen molar-refractivity contribution in [2.75, 3.05) is 0 Å². The highest BCUT2D eigenvalue weighted by atomic mass is 35.5. The van der Waals surface area contributed by atoms with E-state index in [1.165, 1.54) is 6.26 Å². The lowest BCUT2D eigenvalue weighted by molar-refractivity contribution is 0.598. The zero-order valence-corrected chi connectivity index (χ0v) is 11.5. The molecule has 2 aromatic carbocycles. The van der Waals surface area contributed by atoms with Crippen molar-refractivity contribution in [2.24, 2.45) is 0 Å². The quantitative estimate of drug-likeness (QED) is 0.537. The first-order valence-corrected chi connectivity index (χ1v) is 6.75. The molecule has 2 aromatic heterocycles. The van der Waals surface area contributed by atoms with Gasteiger partial charge in [-0.25, -0.2) is 4.98 Å². The van der Waals surface area contributed by atoms with Gasteiger partial charge in [0.15, 0.2) is 0 Å². The van der Waals surface area contributed by atoms with Gasteiger partial charge in [-0.15, -0.1) is 0 Å². The predicted molar refractivity (Wildman–Crippen MR) is 82.1 cm³/mol. The summed E-state index contributed by atoms with van der Waals surface area (Å²) in [4.78, 5) is 16.9. The summed E-state index contributed by atoms with van der Waals surface area (Å²) in [5.74, 6) is 0. The number of fused-ring (bicyclic) bond motifs is 2. The fraction of sp³-hybridized carbons (Fsp3) is 0. The SMILES string of the molecule is O=c1c(-n2cnc3ccccc32)coc2ccc(Cl)cc12. The van der Waals surface area contributed by atoms with Crippen LogP contribution in [0.2, 0.25) is 5.02 Å². The predicted octanol–water partition coefficient (Wildman–Crippen LogP) is 3.79. The number of para-hydroxylation sites is 2. The number of rotatable bonds is 1. The van der Waals surface area contributed by atoms with Crippen molar-refractivity contribution in [3.63, 3.8) is 0 Å². The molecule has 0 aliphatic heterocycles. The van der Waals surface area contributed by atoms with E-state index in [-0.39, 0.29) is 5.43 Å². The summed E-state index contributed by atoms with van der Waals surface area (Å²) in [6.45, 7) is 0. The highest BCUT2D eigenvalue weighted by Gasteiger charge is 2.11. The number of hydrogen-bond donors (Lipinski definition) is 0. The van der Waals surface area contributed by atoms with Crippen LogP contribution in [0.25, 0.3) is 27.7 Å². The second-order valence-electron chi connectivity index (χ2n) is 4.69. The minimum absolute atomic E-state index is 0.137. The summed E-state index contributed by atoms with van der Waals surface area (Å²) in [5, 5.41) is 0.959. The van der Waals surface area contributed by atoms with Gasteiger partial charge in [0.1, 0.15) is 23.9 Å². The molecule has 0 saturated carbocycles. The topological polar surface area (TPSA) is 48.0 Å². The summed E-state index contributed by atoms with van der Waals surface area (Å²) in [6, 6.07) is 12.6. The van der Waals surface area contributed by atoms with Crippen LogP contribution in [0.4, 0.5) is 0 Å². The molecule has 4 nitrogen and oxygen atoms in total. The molecule has 0 bridgehead atoms. The summed E-state index contributed by atoms with van der Waals surface area (Å²) in [6.07, 6.45) is 3.07. The molecule has 0 atom stereocenters. The van der Waals surface area contributed by atoms with Crippen LogP contribution < -0.4 is 5.43 Å². The molecule has 2 heterocycles. The lowest BCUT2D eigenvalue weighted by Gasteiger charge is -2.04. The molecule has 0 aliphatic rings. The third-order valence-electron chi connectivity index (χ3n) is 3.43. The maximum Gasteiger partial charge on any atom is 0.216 e. The monoisotopic (exact) mass is 296 g/mol.